The SMILES string of the molecule is CCCCNc1nc(C)cn1CCc1ccc(Cl)cc1Cl. The van der Waals surface area contributed by atoms with Crippen molar-refractivity contribution >= 4 is 29.2 Å². The molecule has 0 saturated heterocycles. The smallest absolute Gasteiger partial charge is 0.203 e. The third-order valence-electron chi connectivity index (χ3n) is 3.35. The summed E-state index contributed by atoms with van der Waals surface area (Å²) in [6.07, 6.45) is 5.24. The average Bonchev–Trinajstić information content (AvgIpc) is 2.78. The van der Waals surface area contributed by atoms with E-state index < -0.39 is 0 Å². The minimum absolute atomic E-state index is 0.671. The van der Waals surface area contributed by atoms with E-state index in [2.05, 4.69) is 28.0 Å². The number of rotatable bonds is 7. The van der Waals surface area contributed by atoms with Crippen LogP contribution in [0.15, 0.2) is 24.4 Å². The number of nitrogens with zero attached hydrogens (tertiary/aromatic N) is 2. The lowest BCUT2D eigenvalue weighted by atomic mass is 10.1. The Balaban J connectivity index is 2.02. The van der Waals surface area contributed by atoms with Crippen LogP contribution in [-0.2, 0) is 13.0 Å². The summed E-state index contributed by atoms with van der Waals surface area (Å²) in [4.78, 5) is 4.53. The van der Waals surface area contributed by atoms with Gasteiger partial charge in [-0.25, -0.2) is 4.98 Å². The molecule has 0 spiro atoms. The van der Waals surface area contributed by atoms with Crippen LogP contribution in [0.4, 0.5) is 5.95 Å². The highest BCUT2D eigenvalue weighted by atomic mass is 35.5. The summed E-state index contributed by atoms with van der Waals surface area (Å²) < 4.78 is 2.15. The Kier molecular flexibility index (Phi) is 5.95. The number of imidazole rings is 1. The van der Waals surface area contributed by atoms with Gasteiger partial charge in [0.2, 0.25) is 5.95 Å². The van der Waals surface area contributed by atoms with Gasteiger partial charge in [-0.3, -0.25) is 0 Å². The first-order valence-electron chi connectivity index (χ1n) is 7.31. The van der Waals surface area contributed by atoms with E-state index in [-0.39, 0.29) is 0 Å². The van der Waals surface area contributed by atoms with Crippen molar-refractivity contribution in [3.63, 3.8) is 0 Å². The zero-order chi connectivity index (χ0) is 15.2. The monoisotopic (exact) mass is 325 g/mol. The minimum atomic E-state index is 0.671. The molecule has 3 nitrogen and oxygen atoms in total. The molecule has 114 valence electrons. The van der Waals surface area contributed by atoms with Crippen LogP contribution in [0, 0.1) is 6.92 Å². The normalized spacial score (nSPS) is 10.9. The lowest BCUT2D eigenvalue weighted by molar-refractivity contribution is 0.695. The highest BCUT2D eigenvalue weighted by Gasteiger charge is 2.07. The highest BCUT2D eigenvalue weighted by molar-refractivity contribution is 6.35. The van der Waals surface area contributed by atoms with Gasteiger partial charge in [-0.15, -0.1) is 0 Å². The van der Waals surface area contributed by atoms with Crippen LogP contribution in [0.2, 0.25) is 10.0 Å². The van der Waals surface area contributed by atoms with Gasteiger partial charge in [0.15, 0.2) is 0 Å². The first-order chi connectivity index (χ1) is 10.1. The molecule has 0 atom stereocenters. The molecule has 5 heteroatoms. The number of anilines is 1. The molecule has 0 radical (unpaired) electrons. The van der Waals surface area contributed by atoms with Crippen LogP contribution in [0.25, 0.3) is 0 Å². The maximum atomic E-state index is 6.22. The Morgan fingerprint density at radius 2 is 2.10 bits per heavy atom. The van der Waals surface area contributed by atoms with E-state index in [0.717, 1.165) is 48.2 Å². The van der Waals surface area contributed by atoms with Gasteiger partial charge in [-0.2, -0.15) is 0 Å². The van der Waals surface area contributed by atoms with Gasteiger partial charge in [0.05, 0.1) is 5.69 Å². The van der Waals surface area contributed by atoms with Gasteiger partial charge in [0.25, 0.3) is 0 Å². The summed E-state index contributed by atoms with van der Waals surface area (Å²) in [6, 6.07) is 5.65. The Morgan fingerprint density at radius 3 is 2.81 bits per heavy atom. The Hall–Kier alpha value is -1.19. The molecular weight excluding hydrogens is 305 g/mol. The molecule has 2 rings (SSSR count). The highest BCUT2D eigenvalue weighted by Crippen LogP contribution is 2.22. The molecule has 0 aliphatic carbocycles. The molecule has 0 bridgehead atoms. The van der Waals surface area contributed by atoms with Gasteiger partial charge < -0.3 is 9.88 Å². The molecule has 1 heterocycles. The van der Waals surface area contributed by atoms with Crippen LogP contribution in [0.5, 0.6) is 0 Å². The van der Waals surface area contributed by atoms with Crippen LogP contribution in [0.3, 0.4) is 0 Å². The predicted molar refractivity (Wildman–Crippen MR) is 90.5 cm³/mol. The summed E-state index contributed by atoms with van der Waals surface area (Å²) >= 11 is 12.1. The van der Waals surface area contributed by atoms with Crippen molar-refractivity contribution in [1.82, 2.24) is 9.55 Å². The average molecular weight is 326 g/mol. The number of hydrogen-bond donors (Lipinski definition) is 1. The lowest BCUT2D eigenvalue weighted by Crippen LogP contribution is -2.09. The lowest BCUT2D eigenvalue weighted by Gasteiger charge is -2.10. The van der Waals surface area contributed by atoms with Gasteiger partial charge in [-0.1, -0.05) is 42.6 Å². The molecule has 2 aromatic rings. The molecule has 1 aromatic carbocycles. The molecule has 0 unspecified atom stereocenters. The fraction of sp³-hybridized carbons (Fsp3) is 0.438. The van der Waals surface area contributed by atoms with E-state index >= 15 is 0 Å². The minimum Gasteiger partial charge on any atom is -0.356 e. The van der Waals surface area contributed by atoms with Gasteiger partial charge >= 0.3 is 0 Å². The number of aromatic nitrogens is 2. The molecule has 1 aromatic heterocycles. The maximum absolute atomic E-state index is 6.22. The van der Waals surface area contributed by atoms with Gasteiger partial charge in [-0.05, 0) is 37.5 Å². The molecule has 0 aliphatic rings. The quantitative estimate of drug-likeness (QED) is 0.729. The zero-order valence-electron chi connectivity index (χ0n) is 12.5. The van der Waals surface area contributed by atoms with Crippen molar-refractivity contribution in [3.8, 4) is 0 Å². The van der Waals surface area contributed by atoms with Gasteiger partial charge in [0, 0.05) is 29.3 Å². The van der Waals surface area contributed by atoms with E-state index in [1.807, 2.05) is 19.1 Å². The molecule has 0 amide bonds. The fourth-order valence-electron chi connectivity index (χ4n) is 2.20. The van der Waals surface area contributed by atoms with Crippen LogP contribution in [0.1, 0.15) is 31.0 Å². The second-order valence-corrected chi connectivity index (χ2v) is 6.01. The number of nitrogens with one attached hydrogen (secondary N) is 1. The molecule has 0 saturated carbocycles. The van der Waals surface area contributed by atoms with E-state index in [4.69, 9.17) is 23.2 Å². The van der Waals surface area contributed by atoms with Crippen molar-refractivity contribution in [2.45, 2.75) is 39.7 Å². The zero-order valence-corrected chi connectivity index (χ0v) is 14.0. The third kappa shape index (κ3) is 4.65. The Bertz CT molecular complexity index is 593. The van der Waals surface area contributed by atoms with Crippen LogP contribution < -0.4 is 5.32 Å². The second-order valence-electron chi connectivity index (χ2n) is 5.17. The first-order valence-corrected chi connectivity index (χ1v) is 8.07. The molecule has 0 fully saturated rings. The van der Waals surface area contributed by atoms with Crippen LogP contribution in [-0.4, -0.2) is 16.1 Å². The number of aryl methyl sites for hydroxylation is 3. The summed E-state index contributed by atoms with van der Waals surface area (Å²) in [5.74, 6) is 0.936. The first kappa shape index (κ1) is 16.2. The largest absolute Gasteiger partial charge is 0.356 e. The summed E-state index contributed by atoms with van der Waals surface area (Å²) in [5.41, 5.74) is 2.13. The predicted octanol–water partition coefficient (Wildman–Crippen LogP) is 4.95. The maximum Gasteiger partial charge on any atom is 0.203 e. The van der Waals surface area contributed by atoms with E-state index in [1.54, 1.807) is 6.07 Å². The van der Waals surface area contributed by atoms with E-state index in [0.29, 0.717) is 5.02 Å². The molecule has 1 N–H and O–H groups in total. The number of unbranched alkanes of at least 4 members (excludes halogenated alkanes) is 1. The molecule has 21 heavy (non-hydrogen) atoms. The number of halogens is 2. The van der Waals surface area contributed by atoms with Crippen molar-refractivity contribution in [2.75, 3.05) is 11.9 Å². The summed E-state index contributed by atoms with van der Waals surface area (Å²) in [5, 5.41) is 4.79. The Labute approximate surface area is 136 Å². The fourth-order valence-corrected chi connectivity index (χ4v) is 2.70. The van der Waals surface area contributed by atoms with E-state index in [9.17, 15) is 0 Å². The van der Waals surface area contributed by atoms with Gasteiger partial charge in [0.1, 0.15) is 0 Å². The topological polar surface area (TPSA) is 29.9 Å². The molecular formula is C16H21Cl2N3. The van der Waals surface area contributed by atoms with Crippen LogP contribution >= 0.6 is 23.2 Å². The third-order valence-corrected chi connectivity index (χ3v) is 3.93. The number of benzene rings is 1. The van der Waals surface area contributed by atoms with E-state index in [1.165, 1.54) is 6.42 Å². The second kappa shape index (κ2) is 7.71. The molecule has 0 aliphatic heterocycles. The van der Waals surface area contributed by atoms with Crippen molar-refractivity contribution in [1.29, 1.82) is 0 Å². The van der Waals surface area contributed by atoms with Crippen molar-refractivity contribution < 1.29 is 0 Å². The summed E-state index contributed by atoms with van der Waals surface area (Å²) in [7, 11) is 0. The van der Waals surface area contributed by atoms with Crippen molar-refractivity contribution in [3.05, 3.63) is 45.7 Å². The Morgan fingerprint density at radius 1 is 1.29 bits per heavy atom. The summed E-state index contributed by atoms with van der Waals surface area (Å²) in [6.45, 7) is 5.99. The van der Waals surface area contributed by atoms with Crippen molar-refractivity contribution in [2.24, 2.45) is 0 Å². The standard InChI is InChI=1S/C16H21Cl2N3/c1-3-4-8-19-16-20-12(2)11-21(16)9-7-13-5-6-14(17)10-15(13)18/h5-6,10-11H,3-4,7-9H2,1-2H3,(H,19,20). The number of hydrogen-bond acceptors (Lipinski definition) is 2.